The van der Waals surface area contributed by atoms with Gasteiger partial charge in [0.15, 0.2) is 5.78 Å². The molecule has 0 bridgehead atoms. The van der Waals surface area contributed by atoms with Crippen LogP contribution >= 0.6 is 11.3 Å². The molecule has 1 saturated heterocycles. The van der Waals surface area contributed by atoms with Gasteiger partial charge in [0.25, 0.3) is 5.91 Å². The van der Waals surface area contributed by atoms with Gasteiger partial charge < -0.3 is 9.80 Å². The molecule has 29 heavy (non-hydrogen) atoms. The van der Waals surface area contributed by atoms with Crippen LogP contribution in [0.25, 0.3) is 0 Å². The van der Waals surface area contributed by atoms with Gasteiger partial charge in [-0.15, -0.1) is 11.3 Å². The monoisotopic (exact) mass is 424 g/mol. The van der Waals surface area contributed by atoms with Crippen molar-refractivity contribution in [3.8, 4) is 0 Å². The standard InChI is InChI=1S/C20H19F3N2O3S/c21-20(22,23)15-4-1-3-14(13-15)19(28)25-10-8-24(9-11-25)18(27)7-6-16(26)17-5-2-12-29-17/h1-5,12-13H,6-11H2. The molecule has 1 aromatic carbocycles. The molecule has 1 aromatic heterocycles. The quantitative estimate of drug-likeness (QED) is 0.688. The molecule has 1 fully saturated rings. The predicted molar refractivity (Wildman–Crippen MR) is 102 cm³/mol. The van der Waals surface area contributed by atoms with Crippen LogP contribution in [-0.4, -0.2) is 53.6 Å². The number of hydrogen-bond acceptors (Lipinski definition) is 4. The molecule has 2 aromatic rings. The molecule has 0 radical (unpaired) electrons. The number of ketones is 1. The van der Waals surface area contributed by atoms with Gasteiger partial charge in [-0.3, -0.25) is 14.4 Å². The molecular weight excluding hydrogens is 405 g/mol. The summed E-state index contributed by atoms with van der Waals surface area (Å²) in [5, 5.41) is 1.80. The first-order valence-electron chi connectivity index (χ1n) is 9.07. The van der Waals surface area contributed by atoms with E-state index < -0.39 is 17.6 Å². The van der Waals surface area contributed by atoms with Crippen molar-refractivity contribution >= 4 is 28.9 Å². The molecule has 0 unspecified atom stereocenters. The molecule has 0 atom stereocenters. The molecule has 1 aliphatic rings. The second-order valence-electron chi connectivity index (χ2n) is 6.65. The Morgan fingerprint density at radius 2 is 1.62 bits per heavy atom. The van der Waals surface area contributed by atoms with E-state index in [2.05, 4.69) is 0 Å². The second-order valence-corrected chi connectivity index (χ2v) is 7.60. The first kappa shape index (κ1) is 21.0. The van der Waals surface area contributed by atoms with E-state index in [0.29, 0.717) is 4.88 Å². The largest absolute Gasteiger partial charge is 0.416 e. The number of rotatable bonds is 5. The lowest BCUT2D eigenvalue weighted by Gasteiger charge is -2.35. The Balaban J connectivity index is 1.51. The van der Waals surface area contributed by atoms with E-state index in [1.165, 1.54) is 28.4 Å². The molecule has 0 aliphatic carbocycles. The van der Waals surface area contributed by atoms with Crippen LogP contribution in [0.4, 0.5) is 13.2 Å². The van der Waals surface area contributed by atoms with E-state index in [0.717, 1.165) is 12.1 Å². The highest BCUT2D eigenvalue weighted by Gasteiger charge is 2.32. The maximum absolute atomic E-state index is 12.8. The fourth-order valence-corrected chi connectivity index (χ4v) is 3.80. The summed E-state index contributed by atoms with van der Waals surface area (Å²) in [7, 11) is 0. The SMILES string of the molecule is O=C(CCC(=O)N1CCN(C(=O)c2cccc(C(F)(F)F)c2)CC1)c1cccs1. The van der Waals surface area contributed by atoms with Crippen molar-refractivity contribution in [3.63, 3.8) is 0 Å². The summed E-state index contributed by atoms with van der Waals surface area (Å²) in [6.07, 6.45) is -4.29. The number of carbonyl (C=O) groups is 3. The predicted octanol–water partition coefficient (Wildman–Crippen LogP) is 3.71. The van der Waals surface area contributed by atoms with Gasteiger partial charge in [-0.25, -0.2) is 0 Å². The number of alkyl halides is 3. The third-order valence-corrected chi connectivity index (χ3v) is 5.63. The van der Waals surface area contributed by atoms with E-state index in [1.54, 1.807) is 22.4 Å². The van der Waals surface area contributed by atoms with Gasteiger partial charge >= 0.3 is 6.18 Å². The minimum atomic E-state index is -4.51. The van der Waals surface area contributed by atoms with Crippen molar-refractivity contribution in [1.82, 2.24) is 9.80 Å². The Morgan fingerprint density at radius 3 is 2.24 bits per heavy atom. The smallest absolute Gasteiger partial charge is 0.339 e. The van der Waals surface area contributed by atoms with Crippen molar-refractivity contribution in [1.29, 1.82) is 0 Å². The zero-order valence-electron chi connectivity index (χ0n) is 15.4. The van der Waals surface area contributed by atoms with Gasteiger partial charge in [0.1, 0.15) is 0 Å². The van der Waals surface area contributed by atoms with Crippen LogP contribution in [0.2, 0.25) is 0 Å². The number of halogens is 3. The number of benzene rings is 1. The fourth-order valence-electron chi connectivity index (χ4n) is 3.11. The molecular formula is C20H19F3N2O3S. The number of nitrogens with zero attached hydrogens (tertiary/aromatic N) is 2. The van der Waals surface area contributed by atoms with Crippen LogP contribution in [0, 0.1) is 0 Å². The number of hydrogen-bond donors (Lipinski definition) is 0. The zero-order chi connectivity index (χ0) is 21.0. The number of carbonyl (C=O) groups excluding carboxylic acids is 3. The summed E-state index contributed by atoms with van der Waals surface area (Å²) in [6.45, 7) is 1.05. The van der Waals surface area contributed by atoms with Crippen LogP contribution < -0.4 is 0 Å². The Morgan fingerprint density at radius 1 is 0.931 bits per heavy atom. The highest BCUT2D eigenvalue weighted by atomic mass is 32.1. The van der Waals surface area contributed by atoms with Crippen LogP contribution in [0.3, 0.4) is 0 Å². The average Bonchev–Trinajstić information content (AvgIpc) is 3.26. The molecule has 0 saturated carbocycles. The maximum Gasteiger partial charge on any atom is 0.416 e. The summed E-state index contributed by atoms with van der Waals surface area (Å²) in [5.74, 6) is -0.733. The summed E-state index contributed by atoms with van der Waals surface area (Å²) in [5.41, 5.74) is -0.895. The van der Waals surface area contributed by atoms with Gasteiger partial charge in [-0.2, -0.15) is 13.2 Å². The van der Waals surface area contributed by atoms with Crippen molar-refractivity contribution in [2.75, 3.05) is 26.2 Å². The third-order valence-electron chi connectivity index (χ3n) is 4.72. The molecule has 1 aliphatic heterocycles. The molecule has 2 amide bonds. The van der Waals surface area contributed by atoms with Crippen LogP contribution in [0.5, 0.6) is 0 Å². The highest BCUT2D eigenvalue weighted by molar-refractivity contribution is 7.12. The van der Waals surface area contributed by atoms with Gasteiger partial charge in [0, 0.05) is 44.6 Å². The normalized spacial score (nSPS) is 14.7. The number of piperazine rings is 1. The molecule has 2 heterocycles. The van der Waals surface area contributed by atoms with Crippen LogP contribution in [0.15, 0.2) is 41.8 Å². The van der Waals surface area contributed by atoms with Gasteiger partial charge in [-0.05, 0) is 29.6 Å². The zero-order valence-corrected chi connectivity index (χ0v) is 16.3. The summed E-state index contributed by atoms with van der Waals surface area (Å²) in [4.78, 5) is 40.5. The second kappa shape index (κ2) is 8.77. The van der Waals surface area contributed by atoms with Crippen molar-refractivity contribution in [3.05, 3.63) is 57.8 Å². The molecule has 0 spiro atoms. The molecule has 9 heteroatoms. The summed E-state index contributed by atoms with van der Waals surface area (Å²) in [6, 6.07) is 7.82. The fraction of sp³-hybridized carbons (Fsp3) is 0.350. The summed E-state index contributed by atoms with van der Waals surface area (Å²) < 4.78 is 38.5. The topological polar surface area (TPSA) is 57.7 Å². The van der Waals surface area contributed by atoms with Crippen LogP contribution in [0.1, 0.15) is 38.4 Å². The van der Waals surface area contributed by atoms with Gasteiger partial charge in [0.05, 0.1) is 10.4 Å². The minimum Gasteiger partial charge on any atom is -0.339 e. The van der Waals surface area contributed by atoms with Crippen molar-refractivity contribution < 1.29 is 27.6 Å². The van der Waals surface area contributed by atoms with E-state index in [-0.39, 0.29) is 56.3 Å². The van der Waals surface area contributed by atoms with Gasteiger partial charge in [-0.1, -0.05) is 12.1 Å². The summed E-state index contributed by atoms with van der Waals surface area (Å²) >= 11 is 1.33. The number of amides is 2. The van der Waals surface area contributed by atoms with Crippen molar-refractivity contribution in [2.45, 2.75) is 19.0 Å². The molecule has 0 N–H and O–H groups in total. The lowest BCUT2D eigenvalue weighted by atomic mass is 10.1. The molecule has 3 rings (SSSR count). The third kappa shape index (κ3) is 5.23. The van der Waals surface area contributed by atoms with Crippen molar-refractivity contribution in [2.24, 2.45) is 0 Å². The first-order chi connectivity index (χ1) is 13.8. The molecule has 154 valence electrons. The number of Topliss-reactive ketones (excluding diaryl/α,β-unsaturated/α-hetero) is 1. The number of thiophene rings is 1. The molecule has 5 nitrogen and oxygen atoms in total. The van der Waals surface area contributed by atoms with E-state index in [4.69, 9.17) is 0 Å². The van der Waals surface area contributed by atoms with E-state index in [1.807, 2.05) is 0 Å². The first-order valence-corrected chi connectivity index (χ1v) is 9.94. The Labute approximate surface area is 169 Å². The highest BCUT2D eigenvalue weighted by Crippen LogP contribution is 2.29. The Hall–Kier alpha value is -2.68. The average molecular weight is 424 g/mol. The lowest BCUT2D eigenvalue weighted by molar-refractivity contribution is -0.137. The lowest BCUT2D eigenvalue weighted by Crippen LogP contribution is -2.50. The Bertz CT molecular complexity index is 889. The van der Waals surface area contributed by atoms with E-state index >= 15 is 0 Å². The maximum atomic E-state index is 12.8. The Kier molecular flexibility index (Phi) is 6.36. The minimum absolute atomic E-state index is 0.0267. The van der Waals surface area contributed by atoms with Crippen LogP contribution in [-0.2, 0) is 11.0 Å². The van der Waals surface area contributed by atoms with Gasteiger partial charge in [0.2, 0.25) is 5.91 Å². The van der Waals surface area contributed by atoms with E-state index in [9.17, 15) is 27.6 Å².